The average molecular weight is 323 g/mol. The standard InChI is InChI=1S/C16H12F3NO3/c17-16(18,19)13-7-5-12(6-8-13)15(22)23-9-10-1-3-11(4-2-10)14(20)21/h1-8H,9H2,(H2,20,21). The van der Waals surface area contributed by atoms with Crippen LogP contribution >= 0.6 is 0 Å². The SMILES string of the molecule is NC(=O)c1ccc(COC(=O)c2ccc(C(F)(F)F)cc2)cc1. The second-order valence-electron chi connectivity index (χ2n) is 4.71. The van der Waals surface area contributed by atoms with Gasteiger partial charge in [-0.15, -0.1) is 0 Å². The lowest BCUT2D eigenvalue weighted by atomic mass is 10.1. The van der Waals surface area contributed by atoms with Gasteiger partial charge in [0.25, 0.3) is 0 Å². The number of hydrogen-bond donors (Lipinski definition) is 1. The van der Waals surface area contributed by atoms with Crippen LogP contribution in [0.15, 0.2) is 48.5 Å². The molecule has 23 heavy (non-hydrogen) atoms. The van der Waals surface area contributed by atoms with E-state index in [9.17, 15) is 22.8 Å². The third kappa shape index (κ3) is 4.32. The van der Waals surface area contributed by atoms with E-state index in [0.717, 1.165) is 24.3 Å². The number of alkyl halides is 3. The van der Waals surface area contributed by atoms with Gasteiger partial charge < -0.3 is 10.5 Å². The number of primary amides is 1. The maximum Gasteiger partial charge on any atom is 0.416 e. The fourth-order valence-electron chi connectivity index (χ4n) is 1.79. The number of ether oxygens (including phenoxy) is 1. The summed E-state index contributed by atoms with van der Waals surface area (Å²) in [5.41, 5.74) is 5.23. The number of halogens is 3. The molecule has 120 valence electrons. The van der Waals surface area contributed by atoms with E-state index < -0.39 is 23.6 Å². The van der Waals surface area contributed by atoms with E-state index >= 15 is 0 Å². The highest BCUT2D eigenvalue weighted by molar-refractivity contribution is 5.92. The first kappa shape index (κ1) is 16.5. The highest BCUT2D eigenvalue weighted by Crippen LogP contribution is 2.29. The lowest BCUT2D eigenvalue weighted by Crippen LogP contribution is -2.11. The maximum absolute atomic E-state index is 12.4. The lowest BCUT2D eigenvalue weighted by molar-refractivity contribution is -0.137. The number of esters is 1. The van der Waals surface area contributed by atoms with Crippen molar-refractivity contribution in [3.63, 3.8) is 0 Å². The molecule has 2 aromatic rings. The van der Waals surface area contributed by atoms with E-state index in [0.29, 0.717) is 11.1 Å². The van der Waals surface area contributed by atoms with Crippen LogP contribution in [0.25, 0.3) is 0 Å². The Balaban J connectivity index is 1.98. The molecule has 0 fully saturated rings. The lowest BCUT2D eigenvalue weighted by Gasteiger charge is -2.08. The quantitative estimate of drug-likeness (QED) is 0.879. The second kappa shape index (κ2) is 6.51. The van der Waals surface area contributed by atoms with E-state index in [1.807, 2.05) is 0 Å². The molecule has 2 rings (SSSR count). The van der Waals surface area contributed by atoms with Crippen LogP contribution in [0, 0.1) is 0 Å². The van der Waals surface area contributed by atoms with Gasteiger partial charge in [-0.3, -0.25) is 4.79 Å². The Hall–Kier alpha value is -2.83. The van der Waals surface area contributed by atoms with Gasteiger partial charge in [0.2, 0.25) is 5.91 Å². The van der Waals surface area contributed by atoms with E-state index in [2.05, 4.69) is 0 Å². The predicted octanol–water partition coefficient (Wildman–Crippen LogP) is 3.16. The first-order chi connectivity index (χ1) is 10.8. The summed E-state index contributed by atoms with van der Waals surface area (Å²) in [5, 5.41) is 0. The van der Waals surface area contributed by atoms with Gasteiger partial charge in [-0.25, -0.2) is 4.79 Å². The molecule has 0 unspecified atom stereocenters. The zero-order valence-electron chi connectivity index (χ0n) is 11.8. The first-order valence-corrected chi connectivity index (χ1v) is 6.50. The van der Waals surface area contributed by atoms with Crippen LogP contribution in [0.2, 0.25) is 0 Å². The molecular formula is C16H12F3NO3. The molecule has 0 aliphatic carbocycles. The van der Waals surface area contributed by atoms with Gasteiger partial charge in [0, 0.05) is 5.56 Å². The van der Waals surface area contributed by atoms with Crippen LogP contribution in [0.3, 0.4) is 0 Å². The minimum atomic E-state index is -4.45. The Morgan fingerprint density at radius 2 is 1.43 bits per heavy atom. The molecule has 0 saturated carbocycles. The molecule has 0 bridgehead atoms. The zero-order chi connectivity index (χ0) is 17.0. The van der Waals surface area contributed by atoms with Gasteiger partial charge in [0.05, 0.1) is 11.1 Å². The van der Waals surface area contributed by atoms with Crippen LogP contribution in [0.1, 0.15) is 31.8 Å². The van der Waals surface area contributed by atoms with Crippen molar-refractivity contribution in [2.24, 2.45) is 5.73 Å². The van der Waals surface area contributed by atoms with Crippen molar-refractivity contribution in [2.75, 3.05) is 0 Å². The fourth-order valence-corrected chi connectivity index (χ4v) is 1.79. The molecule has 1 amide bonds. The normalized spacial score (nSPS) is 11.1. The van der Waals surface area contributed by atoms with Gasteiger partial charge >= 0.3 is 12.1 Å². The highest BCUT2D eigenvalue weighted by Gasteiger charge is 2.30. The smallest absolute Gasteiger partial charge is 0.416 e. The number of amides is 1. The summed E-state index contributed by atoms with van der Waals surface area (Å²) in [5.74, 6) is -1.31. The predicted molar refractivity (Wildman–Crippen MR) is 75.5 cm³/mol. The second-order valence-corrected chi connectivity index (χ2v) is 4.71. The average Bonchev–Trinajstić information content (AvgIpc) is 2.52. The molecule has 0 atom stereocenters. The summed E-state index contributed by atoms with van der Waals surface area (Å²) in [6.45, 7) is -0.0705. The Kier molecular flexibility index (Phi) is 4.68. The minimum Gasteiger partial charge on any atom is -0.457 e. The van der Waals surface area contributed by atoms with Crippen LogP contribution in [0.5, 0.6) is 0 Å². The summed E-state index contributed by atoms with van der Waals surface area (Å²) < 4.78 is 42.3. The third-order valence-electron chi connectivity index (χ3n) is 3.06. The van der Waals surface area contributed by atoms with E-state index in [-0.39, 0.29) is 12.2 Å². The van der Waals surface area contributed by atoms with Crippen LogP contribution in [-0.4, -0.2) is 11.9 Å². The fraction of sp³-hybridized carbons (Fsp3) is 0.125. The van der Waals surface area contributed by atoms with Gasteiger partial charge in [-0.2, -0.15) is 13.2 Å². The molecule has 0 spiro atoms. The molecule has 0 aromatic heterocycles. The van der Waals surface area contributed by atoms with Crippen molar-refractivity contribution < 1.29 is 27.5 Å². The monoisotopic (exact) mass is 323 g/mol. The van der Waals surface area contributed by atoms with Gasteiger partial charge in [0.1, 0.15) is 6.61 Å². The number of benzene rings is 2. The van der Waals surface area contributed by atoms with Crippen molar-refractivity contribution in [3.8, 4) is 0 Å². The number of nitrogens with two attached hydrogens (primary N) is 1. The minimum absolute atomic E-state index is 0.0201. The molecule has 0 aliphatic rings. The van der Waals surface area contributed by atoms with Crippen LogP contribution in [0.4, 0.5) is 13.2 Å². The highest BCUT2D eigenvalue weighted by atomic mass is 19.4. The number of hydrogen-bond acceptors (Lipinski definition) is 3. The topological polar surface area (TPSA) is 69.4 Å². The van der Waals surface area contributed by atoms with Gasteiger partial charge in [-0.1, -0.05) is 12.1 Å². The summed E-state index contributed by atoms with van der Waals surface area (Å²) in [7, 11) is 0. The summed E-state index contributed by atoms with van der Waals surface area (Å²) in [6, 6.07) is 9.87. The Bertz CT molecular complexity index is 707. The van der Waals surface area contributed by atoms with E-state index in [1.165, 1.54) is 12.1 Å². The summed E-state index contributed by atoms with van der Waals surface area (Å²) in [4.78, 5) is 22.7. The van der Waals surface area contributed by atoms with Crippen molar-refractivity contribution in [1.82, 2.24) is 0 Å². The van der Waals surface area contributed by atoms with Crippen molar-refractivity contribution in [1.29, 1.82) is 0 Å². The Morgan fingerprint density at radius 1 is 0.913 bits per heavy atom. The number of carbonyl (C=O) groups excluding carboxylic acids is 2. The van der Waals surface area contributed by atoms with Gasteiger partial charge in [0.15, 0.2) is 0 Å². The molecule has 2 N–H and O–H groups in total. The van der Waals surface area contributed by atoms with E-state index in [4.69, 9.17) is 10.5 Å². The Labute approximate surface area is 129 Å². The zero-order valence-corrected chi connectivity index (χ0v) is 11.8. The van der Waals surface area contributed by atoms with Crippen LogP contribution in [-0.2, 0) is 17.5 Å². The van der Waals surface area contributed by atoms with Crippen molar-refractivity contribution in [2.45, 2.75) is 12.8 Å². The molecule has 2 aromatic carbocycles. The molecule has 4 nitrogen and oxygen atoms in total. The van der Waals surface area contributed by atoms with Gasteiger partial charge in [-0.05, 0) is 42.0 Å². The third-order valence-corrected chi connectivity index (χ3v) is 3.06. The summed E-state index contributed by atoms with van der Waals surface area (Å²) in [6.07, 6.45) is -4.45. The van der Waals surface area contributed by atoms with Crippen LogP contribution < -0.4 is 5.73 Å². The largest absolute Gasteiger partial charge is 0.457 e. The molecule has 7 heteroatoms. The van der Waals surface area contributed by atoms with Crippen molar-refractivity contribution in [3.05, 3.63) is 70.8 Å². The van der Waals surface area contributed by atoms with Crippen molar-refractivity contribution >= 4 is 11.9 Å². The maximum atomic E-state index is 12.4. The molecular weight excluding hydrogens is 311 g/mol. The molecule has 0 heterocycles. The summed E-state index contributed by atoms with van der Waals surface area (Å²) >= 11 is 0. The number of carbonyl (C=O) groups is 2. The Morgan fingerprint density at radius 3 is 1.91 bits per heavy atom. The molecule has 0 radical (unpaired) electrons. The van der Waals surface area contributed by atoms with E-state index in [1.54, 1.807) is 12.1 Å². The number of rotatable bonds is 4. The first-order valence-electron chi connectivity index (χ1n) is 6.50. The molecule has 0 aliphatic heterocycles. The molecule has 0 saturated heterocycles.